The highest BCUT2D eigenvalue weighted by molar-refractivity contribution is 5.52. The van der Waals surface area contributed by atoms with Crippen molar-refractivity contribution < 1.29 is 0 Å². The second-order valence-electron chi connectivity index (χ2n) is 5.84. The van der Waals surface area contributed by atoms with Crippen LogP contribution in [0.4, 0.5) is 5.95 Å². The first kappa shape index (κ1) is 14.1. The SMILES string of the molecule is CCn1nc(C)cc1-c1nc(N2CC(C)NC(C)C2)n[nH]1. The fourth-order valence-corrected chi connectivity index (χ4v) is 2.98. The molecule has 1 fully saturated rings. The number of aryl methyl sites for hydroxylation is 2. The third-order valence-electron chi connectivity index (χ3n) is 3.76. The van der Waals surface area contributed by atoms with Crippen molar-refractivity contribution in [3.63, 3.8) is 0 Å². The van der Waals surface area contributed by atoms with Gasteiger partial charge in [-0.2, -0.15) is 10.1 Å². The molecule has 0 saturated carbocycles. The van der Waals surface area contributed by atoms with Crippen LogP contribution in [0.1, 0.15) is 26.5 Å². The molecule has 0 aromatic carbocycles. The Morgan fingerprint density at radius 1 is 1.29 bits per heavy atom. The Kier molecular flexibility index (Phi) is 3.67. The summed E-state index contributed by atoms with van der Waals surface area (Å²) in [4.78, 5) is 6.89. The van der Waals surface area contributed by atoms with E-state index in [1.54, 1.807) is 0 Å². The minimum atomic E-state index is 0.444. The lowest BCUT2D eigenvalue weighted by Crippen LogP contribution is -2.54. The number of hydrogen-bond acceptors (Lipinski definition) is 5. The van der Waals surface area contributed by atoms with Gasteiger partial charge in [0, 0.05) is 31.7 Å². The maximum absolute atomic E-state index is 4.67. The van der Waals surface area contributed by atoms with Crippen molar-refractivity contribution in [2.75, 3.05) is 18.0 Å². The topological polar surface area (TPSA) is 74.7 Å². The summed E-state index contributed by atoms with van der Waals surface area (Å²) in [5.41, 5.74) is 1.99. The third-order valence-corrected chi connectivity index (χ3v) is 3.76. The number of nitrogens with one attached hydrogen (secondary N) is 2. The van der Waals surface area contributed by atoms with Crippen molar-refractivity contribution in [1.29, 1.82) is 0 Å². The van der Waals surface area contributed by atoms with Gasteiger partial charge in [0.25, 0.3) is 0 Å². The first-order valence-corrected chi connectivity index (χ1v) is 7.55. The summed E-state index contributed by atoms with van der Waals surface area (Å²) in [5, 5.41) is 15.4. The van der Waals surface area contributed by atoms with Gasteiger partial charge >= 0.3 is 0 Å². The normalized spacial score (nSPS) is 22.8. The molecule has 1 aliphatic heterocycles. The number of H-pyrrole nitrogens is 1. The predicted molar refractivity (Wildman–Crippen MR) is 82.3 cm³/mol. The molecule has 7 heteroatoms. The van der Waals surface area contributed by atoms with Crippen LogP contribution < -0.4 is 10.2 Å². The number of rotatable bonds is 3. The van der Waals surface area contributed by atoms with Gasteiger partial charge in [0.2, 0.25) is 5.95 Å². The zero-order valence-electron chi connectivity index (χ0n) is 13.1. The molecule has 0 amide bonds. The van der Waals surface area contributed by atoms with Crippen LogP contribution in [0, 0.1) is 6.92 Å². The fraction of sp³-hybridized carbons (Fsp3) is 0.643. The minimum Gasteiger partial charge on any atom is -0.336 e. The monoisotopic (exact) mass is 289 g/mol. The first-order chi connectivity index (χ1) is 10.1. The summed E-state index contributed by atoms with van der Waals surface area (Å²) in [6.07, 6.45) is 0. The van der Waals surface area contributed by atoms with E-state index >= 15 is 0 Å². The standard InChI is InChI=1S/C14H23N7/c1-5-21-12(6-9(2)19-21)13-16-14(18-17-13)20-7-10(3)15-11(4)8-20/h6,10-11,15H,5,7-8H2,1-4H3,(H,16,17,18). The number of nitrogens with zero attached hydrogens (tertiary/aromatic N) is 5. The largest absolute Gasteiger partial charge is 0.336 e. The van der Waals surface area contributed by atoms with Gasteiger partial charge in [0.1, 0.15) is 5.69 Å². The molecule has 2 aromatic rings. The van der Waals surface area contributed by atoms with Crippen LogP contribution in [0.2, 0.25) is 0 Å². The van der Waals surface area contributed by atoms with Gasteiger partial charge in [0.05, 0.1) is 5.69 Å². The maximum atomic E-state index is 4.67. The zero-order chi connectivity index (χ0) is 15.0. The van der Waals surface area contributed by atoms with E-state index in [0.29, 0.717) is 12.1 Å². The Balaban J connectivity index is 1.86. The van der Waals surface area contributed by atoms with Crippen LogP contribution in [0.5, 0.6) is 0 Å². The molecule has 1 aliphatic rings. The Morgan fingerprint density at radius 2 is 2.00 bits per heavy atom. The summed E-state index contributed by atoms with van der Waals surface area (Å²) < 4.78 is 1.95. The van der Waals surface area contributed by atoms with E-state index in [1.807, 2.05) is 17.7 Å². The van der Waals surface area contributed by atoms with Crippen LogP contribution in [-0.4, -0.2) is 50.1 Å². The molecular formula is C14H23N7. The Hall–Kier alpha value is -1.89. The molecule has 0 aliphatic carbocycles. The minimum absolute atomic E-state index is 0.444. The average molecular weight is 289 g/mol. The molecule has 2 atom stereocenters. The Morgan fingerprint density at radius 3 is 2.67 bits per heavy atom. The van der Waals surface area contributed by atoms with Crippen LogP contribution in [0.3, 0.4) is 0 Å². The highest BCUT2D eigenvalue weighted by Gasteiger charge is 2.24. The third kappa shape index (κ3) is 2.78. The molecule has 2 aromatic heterocycles. The van der Waals surface area contributed by atoms with Gasteiger partial charge in [-0.25, -0.2) is 0 Å². The quantitative estimate of drug-likeness (QED) is 0.887. The van der Waals surface area contributed by atoms with Crippen LogP contribution in [0.15, 0.2) is 6.07 Å². The number of anilines is 1. The van der Waals surface area contributed by atoms with E-state index in [2.05, 4.69) is 51.3 Å². The number of aromatic nitrogens is 5. The van der Waals surface area contributed by atoms with Crippen molar-refractivity contribution in [2.24, 2.45) is 0 Å². The summed E-state index contributed by atoms with van der Waals surface area (Å²) in [7, 11) is 0. The molecule has 21 heavy (non-hydrogen) atoms. The van der Waals surface area contributed by atoms with Crippen LogP contribution >= 0.6 is 0 Å². The second kappa shape index (κ2) is 5.48. The van der Waals surface area contributed by atoms with E-state index in [4.69, 9.17) is 0 Å². The lowest BCUT2D eigenvalue weighted by atomic mass is 10.1. The molecule has 2 N–H and O–H groups in total. The summed E-state index contributed by atoms with van der Waals surface area (Å²) in [5.74, 6) is 1.55. The van der Waals surface area contributed by atoms with Gasteiger partial charge in [-0.15, -0.1) is 5.10 Å². The molecule has 7 nitrogen and oxygen atoms in total. The number of piperazine rings is 1. The van der Waals surface area contributed by atoms with Crippen molar-refractivity contribution >= 4 is 5.95 Å². The van der Waals surface area contributed by atoms with E-state index in [0.717, 1.165) is 42.8 Å². The number of aromatic amines is 1. The van der Waals surface area contributed by atoms with Gasteiger partial charge in [-0.1, -0.05) is 0 Å². The molecule has 0 bridgehead atoms. The van der Waals surface area contributed by atoms with Crippen LogP contribution in [0.25, 0.3) is 11.5 Å². The zero-order valence-corrected chi connectivity index (χ0v) is 13.1. The first-order valence-electron chi connectivity index (χ1n) is 7.55. The van der Waals surface area contributed by atoms with Gasteiger partial charge in [-0.3, -0.25) is 9.78 Å². The molecule has 114 valence electrons. The molecular weight excluding hydrogens is 266 g/mol. The average Bonchev–Trinajstić information content (AvgIpc) is 3.03. The molecule has 0 radical (unpaired) electrons. The lowest BCUT2D eigenvalue weighted by Gasteiger charge is -2.35. The smallest absolute Gasteiger partial charge is 0.245 e. The van der Waals surface area contributed by atoms with E-state index in [1.165, 1.54) is 0 Å². The molecule has 3 rings (SSSR count). The highest BCUT2D eigenvalue weighted by Crippen LogP contribution is 2.20. The van der Waals surface area contributed by atoms with Gasteiger partial charge in [0.15, 0.2) is 5.82 Å². The van der Waals surface area contributed by atoms with E-state index in [-0.39, 0.29) is 0 Å². The summed E-state index contributed by atoms with van der Waals surface area (Å²) >= 11 is 0. The summed E-state index contributed by atoms with van der Waals surface area (Å²) in [6, 6.07) is 2.93. The van der Waals surface area contributed by atoms with Crippen molar-refractivity contribution in [3.8, 4) is 11.5 Å². The van der Waals surface area contributed by atoms with Crippen molar-refractivity contribution in [2.45, 2.75) is 46.3 Å². The fourth-order valence-electron chi connectivity index (χ4n) is 2.98. The molecule has 2 unspecified atom stereocenters. The van der Waals surface area contributed by atoms with Crippen molar-refractivity contribution in [3.05, 3.63) is 11.8 Å². The van der Waals surface area contributed by atoms with Crippen LogP contribution in [-0.2, 0) is 6.54 Å². The highest BCUT2D eigenvalue weighted by atomic mass is 15.4. The maximum Gasteiger partial charge on any atom is 0.245 e. The van der Waals surface area contributed by atoms with Gasteiger partial charge in [-0.05, 0) is 33.8 Å². The van der Waals surface area contributed by atoms with E-state index < -0.39 is 0 Å². The Labute approximate surface area is 124 Å². The lowest BCUT2D eigenvalue weighted by molar-refractivity contribution is 0.403. The predicted octanol–water partition coefficient (Wildman–Crippen LogP) is 1.18. The van der Waals surface area contributed by atoms with E-state index in [9.17, 15) is 0 Å². The summed E-state index contributed by atoms with van der Waals surface area (Å²) in [6.45, 7) is 11.1. The number of hydrogen-bond donors (Lipinski definition) is 2. The molecule has 1 saturated heterocycles. The van der Waals surface area contributed by atoms with Gasteiger partial charge < -0.3 is 10.2 Å². The molecule has 0 spiro atoms. The van der Waals surface area contributed by atoms with Crippen molar-refractivity contribution in [1.82, 2.24) is 30.3 Å². The Bertz CT molecular complexity index is 605. The molecule has 3 heterocycles. The second-order valence-corrected chi connectivity index (χ2v) is 5.84.